The molecular formula is C12H16ClN3O4S. The maximum absolute atomic E-state index is 12.6. The molecule has 0 amide bonds. The normalized spacial score (nSPS) is 19.4. The molecule has 116 valence electrons. The van der Waals surface area contributed by atoms with Gasteiger partial charge in [0.05, 0.1) is 9.95 Å². The summed E-state index contributed by atoms with van der Waals surface area (Å²) in [7, 11) is -3.77. The van der Waals surface area contributed by atoms with Crippen LogP contribution in [-0.2, 0) is 10.0 Å². The van der Waals surface area contributed by atoms with E-state index in [1.807, 2.05) is 13.8 Å². The van der Waals surface area contributed by atoms with Crippen molar-refractivity contribution in [3.63, 3.8) is 0 Å². The summed E-state index contributed by atoms with van der Waals surface area (Å²) in [6, 6.07) is 3.39. The van der Waals surface area contributed by atoms with E-state index in [0.717, 1.165) is 12.1 Å². The summed E-state index contributed by atoms with van der Waals surface area (Å²) < 4.78 is 26.6. The van der Waals surface area contributed by atoms with Crippen molar-refractivity contribution >= 4 is 27.3 Å². The molecule has 9 heteroatoms. The highest BCUT2D eigenvalue weighted by atomic mass is 35.5. The Morgan fingerprint density at radius 1 is 1.43 bits per heavy atom. The summed E-state index contributed by atoms with van der Waals surface area (Å²) in [6.07, 6.45) is 0. The molecule has 0 unspecified atom stereocenters. The fourth-order valence-electron chi connectivity index (χ4n) is 2.25. The first-order valence-electron chi connectivity index (χ1n) is 6.33. The smallest absolute Gasteiger partial charge is 0.271 e. The van der Waals surface area contributed by atoms with E-state index in [1.165, 1.54) is 10.4 Å². The zero-order valence-electron chi connectivity index (χ0n) is 11.7. The van der Waals surface area contributed by atoms with Crippen LogP contribution >= 0.6 is 11.6 Å². The number of hydrogen-bond donors (Lipinski definition) is 1. The molecule has 21 heavy (non-hydrogen) atoms. The third-order valence-electron chi connectivity index (χ3n) is 3.28. The van der Waals surface area contributed by atoms with Crippen molar-refractivity contribution in [1.29, 1.82) is 0 Å². The van der Waals surface area contributed by atoms with Crippen LogP contribution in [0.5, 0.6) is 0 Å². The van der Waals surface area contributed by atoms with Crippen molar-refractivity contribution in [3.05, 3.63) is 33.3 Å². The Labute approximate surface area is 128 Å². The molecule has 0 bridgehead atoms. The van der Waals surface area contributed by atoms with Gasteiger partial charge < -0.3 is 5.32 Å². The maximum Gasteiger partial charge on any atom is 0.271 e. The second kappa shape index (κ2) is 5.53. The van der Waals surface area contributed by atoms with Gasteiger partial charge in [0.25, 0.3) is 5.69 Å². The number of nitro benzene ring substituents is 1. The van der Waals surface area contributed by atoms with E-state index < -0.39 is 14.9 Å². The monoisotopic (exact) mass is 333 g/mol. The number of sulfonamides is 1. The Morgan fingerprint density at radius 2 is 2.10 bits per heavy atom. The largest absolute Gasteiger partial charge is 0.309 e. The van der Waals surface area contributed by atoms with Crippen LogP contribution < -0.4 is 5.32 Å². The summed E-state index contributed by atoms with van der Waals surface area (Å²) in [4.78, 5) is 9.96. The summed E-state index contributed by atoms with van der Waals surface area (Å²) in [5, 5.41) is 13.8. The molecule has 0 saturated carbocycles. The van der Waals surface area contributed by atoms with Gasteiger partial charge in [0.15, 0.2) is 0 Å². The van der Waals surface area contributed by atoms with Crippen LogP contribution in [0, 0.1) is 10.1 Å². The quantitative estimate of drug-likeness (QED) is 0.670. The van der Waals surface area contributed by atoms with Gasteiger partial charge in [-0.3, -0.25) is 10.1 Å². The standard InChI is InChI=1S/C12H16ClN3O4S/c1-12(2)8-15(6-5-14-12)21(19,20)11-4-3-9(16(17)18)7-10(11)13/h3-4,7,14H,5-6,8H2,1-2H3. The van der Waals surface area contributed by atoms with Crippen molar-refractivity contribution < 1.29 is 13.3 Å². The number of non-ortho nitro benzene ring substituents is 1. The van der Waals surface area contributed by atoms with Crippen LogP contribution in [0.25, 0.3) is 0 Å². The minimum Gasteiger partial charge on any atom is -0.309 e. The van der Waals surface area contributed by atoms with Crippen molar-refractivity contribution in [2.75, 3.05) is 19.6 Å². The predicted molar refractivity (Wildman–Crippen MR) is 78.9 cm³/mol. The van der Waals surface area contributed by atoms with E-state index in [0.29, 0.717) is 19.6 Å². The molecular weight excluding hydrogens is 318 g/mol. The molecule has 1 aromatic rings. The summed E-state index contributed by atoms with van der Waals surface area (Å²) in [5.74, 6) is 0. The second-order valence-electron chi connectivity index (χ2n) is 5.52. The van der Waals surface area contributed by atoms with Gasteiger partial charge in [-0.05, 0) is 19.9 Å². The summed E-state index contributed by atoms with van der Waals surface area (Å²) in [5.41, 5.74) is -0.571. The molecule has 1 aliphatic heterocycles. The Morgan fingerprint density at radius 3 is 2.62 bits per heavy atom. The number of nitrogens with one attached hydrogen (secondary N) is 1. The van der Waals surface area contributed by atoms with Gasteiger partial charge in [-0.25, -0.2) is 8.42 Å². The molecule has 1 saturated heterocycles. The van der Waals surface area contributed by atoms with Gasteiger partial charge in [0.1, 0.15) is 4.90 Å². The number of nitrogens with zero attached hydrogens (tertiary/aromatic N) is 2. The van der Waals surface area contributed by atoms with E-state index in [2.05, 4.69) is 5.32 Å². The molecule has 0 aromatic heterocycles. The zero-order valence-corrected chi connectivity index (χ0v) is 13.2. The highest BCUT2D eigenvalue weighted by molar-refractivity contribution is 7.89. The van der Waals surface area contributed by atoms with E-state index in [-0.39, 0.29) is 21.1 Å². The van der Waals surface area contributed by atoms with Crippen LogP contribution in [0.3, 0.4) is 0 Å². The third-order valence-corrected chi connectivity index (χ3v) is 5.61. The van der Waals surface area contributed by atoms with Gasteiger partial charge in [-0.2, -0.15) is 4.31 Å². The minimum absolute atomic E-state index is 0.104. The molecule has 1 N–H and O–H groups in total. The molecule has 2 rings (SSSR count). The van der Waals surface area contributed by atoms with Gasteiger partial charge in [0, 0.05) is 37.3 Å². The molecule has 0 aliphatic carbocycles. The highest BCUT2D eigenvalue weighted by Gasteiger charge is 2.35. The number of halogens is 1. The van der Waals surface area contributed by atoms with Crippen LogP contribution in [0.4, 0.5) is 5.69 Å². The third kappa shape index (κ3) is 3.34. The number of rotatable bonds is 3. The van der Waals surface area contributed by atoms with Crippen LogP contribution in [-0.4, -0.2) is 42.8 Å². The topological polar surface area (TPSA) is 92.5 Å². The maximum atomic E-state index is 12.6. The molecule has 1 heterocycles. The van der Waals surface area contributed by atoms with E-state index >= 15 is 0 Å². The zero-order chi connectivity index (χ0) is 15.8. The summed E-state index contributed by atoms with van der Waals surface area (Å²) in [6.45, 7) is 5.00. The second-order valence-corrected chi connectivity index (χ2v) is 7.83. The SMILES string of the molecule is CC1(C)CN(S(=O)(=O)c2ccc([N+](=O)[O-])cc2Cl)CCN1. The van der Waals surface area contributed by atoms with Crippen molar-refractivity contribution in [3.8, 4) is 0 Å². The molecule has 0 radical (unpaired) electrons. The number of benzene rings is 1. The van der Waals surface area contributed by atoms with Crippen molar-refractivity contribution in [2.24, 2.45) is 0 Å². The van der Waals surface area contributed by atoms with Gasteiger partial charge in [-0.1, -0.05) is 11.6 Å². The van der Waals surface area contributed by atoms with Gasteiger partial charge >= 0.3 is 0 Å². The molecule has 1 aliphatic rings. The fourth-order valence-corrected chi connectivity index (χ4v) is 4.37. The lowest BCUT2D eigenvalue weighted by atomic mass is 10.0. The molecule has 1 aromatic carbocycles. The average molecular weight is 334 g/mol. The minimum atomic E-state index is -3.77. The lowest BCUT2D eigenvalue weighted by Crippen LogP contribution is -2.58. The Kier molecular flexibility index (Phi) is 4.25. The van der Waals surface area contributed by atoms with Gasteiger partial charge in [0.2, 0.25) is 10.0 Å². The van der Waals surface area contributed by atoms with E-state index in [1.54, 1.807) is 0 Å². The van der Waals surface area contributed by atoms with Crippen LogP contribution in [0.2, 0.25) is 5.02 Å². The van der Waals surface area contributed by atoms with Gasteiger partial charge in [-0.15, -0.1) is 0 Å². The lowest BCUT2D eigenvalue weighted by molar-refractivity contribution is -0.384. The van der Waals surface area contributed by atoms with E-state index in [9.17, 15) is 18.5 Å². The first kappa shape index (κ1) is 16.2. The average Bonchev–Trinajstić information content (AvgIpc) is 2.36. The van der Waals surface area contributed by atoms with Crippen LogP contribution in [0.1, 0.15) is 13.8 Å². The highest BCUT2D eigenvalue weighted by Crippen LogP contribution is 2.29. The fraction of sp³-hybridized carbons (Fsp3) is 0.500. The molecule has 0 spiro atoms. The number of nitro groups is 1. The first-order chi connectivity index (χ1) is 9.63. The van der Waals surface area contributed by atoms with Crippen LogP contribution in [0.15, 0.2) is 23.1 Å². The predicted octanol–water partition coefficient (Wildman–Crippen LogP) is 1.62. The Hall–Kier alpha value is -1.22. The Balaban J connectivity index is 2.38. The summed E-state index contributed by atoms with van der Waals surface area (Å²) >= 11 is 5.92. The van der Waals surface area contributed by atoms with E-state index in [4.69, 9.17) is 11.6 Å². The molecule has 1 fully saturated rings. The lowest BCUT2D eigenvalue weighted by Gasteiger charge is -2.38. The number of piperazine rings is 1. The Bertz CT molecular complexity index is 675. The molecule has 7 nitrogen and oxygen atoms in total. The van der Waals surface area contributed by atoms with Crippen molar-refractivity contribution in [1.82, 2.24) is 9.62 Å². The number of hydrogen-bond acceptors (Lipinski definition) is 5. The first-order valence-corrected chi connectivity index (χ1v) is 8.14. The van der Waals surface area contributed by atoms with Crippen molar-refractivity contribution in [2.45, 2.75) is 24.3 Å². The molecule has 0 atom stereocenters.